The number of ketones is 1. The molecule has 0 rings (SSSR count). The molecular weight excluding hydrogens is 222 g/mol. The lowest BCUT2D eigenvalue weighted by Gasteiger charge is -2.02. The molecule has 0 saturated heterocycles. The number of hydrogen-bond donors (Lipinski definition) is 0. The monoisotopic (exact) mass is 231 g/mol. The van der Waals surface area contributed by atoms with Crippen LogP contribution >= 0.6 is 11.6 Å². The summed E-state index contributed by atoms with van der Waals surface area (Å²) in [7, 11) is 0. The lowest BCUT2D eigenvalue weighted by Crippen LogP contribution is -2.27. The Bertz CT molecular complexity index is 306. The minimum Gasteiger partial charge on any atom is -0.461 e. The van der Waals surface area contributed by atoms with E-state index in [1.165, 1.54) is 0 Å². The van der Waals surface area contributed by atoms with E-state index in [2.05, 4.69) is 20.7 Å². The highest BCUT2D eigenvalue weighted by atomic mass is 35.5. The van der Waals surface area contributed by atoms with E-state index in [9.17, 15) is 9.59 Å². The van der Waals surface area contributed by atoms with Gasteiger partial charge in [0, 0.05) is 0 Å². The van der Waals surface area contributed by atoms with Crippen LogP contribution in [0.3, 0.4) is 0 Å². The highest BCUT2D eigenvalue weighted by Crippen LogP contribution is 1.92. The van der Waals surface area contributed by atoms with Crippen molar-refractivity contribution in [1.29, 1.82) is 0 Å². The lowest BCUT2D eigenvalue weighted by molar-refractivity contribution is -0.135. The summed E-state index contributed by atoms with van der Waals surface area (Å²) in [6, 6.07) is 0. The molecule has 0 aliphatic carbocycles. The predicted molar refractivity (Wildman–Crippen MR) is 54.6 cm³/mol. The predicted octanol–water partition coefficient (Wildman–Crippen LogP) is 0.363. The quantitative estimate of drug-likeness (QED) is 0.126. The fourth-order valence-electron chi connectivity index (χ4n) is 0.599. The molecule has 6 heteroatoms. The molecule has 0 fully saturated rings. The summed E-state index contributed by atoms with van der Waals surface area (Å²) >= 11 is 5.27. The molecule has 0 aliphatic rings. The van der Waals surface area contributed by atoms with Crippen LogP contribution in [0.5, 0.6) is 0 Å². The molecule has 0 amide bonds. The summed E-state index contributed by atoms with van der Waals surface area (Å²) in [5, 5.41) is 3.27. The van der Waals surface area contributed by atoms with Gasteiger partial charge in [-0.1, -0.05) is 11.1 Å². The minimum atomic E-state index is -0.875. The summed E-state index contributed by atoms with van der Waals surface area (Å²) in [6.07, 6.45) is 4.89. The van der Waals surface area contributed by atoms with Crippen LogP contribution < -0.4 is 0 Å². The molecule has 0 saturated carbocycles. The fraction of sp³-hybridized carbons (Fsp3) is 0.444. The molecule has 0 bridgehead atoms. The normalized spacial score (nSPS) is 10.3. The maximum atomic E-state index is 11.2. The summed E-state index contributed by atoms with van der Waals surface area (Å²) in [4.78, 5) is 26.8. The van der Waals surface area contributed by atoms with Crippen molar-refractivity contribution in [2.75, 3.05) is 19.1 Å². The number of Topliss-reactive ketones (excluding diaryl/α,β-unsaturated/α-hetero) is 1. The molecule has 5 nitrogen and oxygen atoms in total. The average molecular weight is 232 g/mol. The van der Waals surface area contributed by atoms with E-state index < -0.39 is 17.5 Å². The highest BCUT2D eigenvalue weighted by Gasteiger charge is 2.21. The van der Waals surface area contributed by atoms with Gasteiger partial charge in [0.1, 0.15) is 0 Å². The summed E-state index contributed by atoms with van der Waals surface area (Å²) in [6.45, 7) is 1.59. The van der Waals surface area contributed by atoms with Gasteiger partial charge in [-0.25, -0.2) is 4.79 Å². The van der Waals surface area contributed by atoms with Gasteiger partial charge >= 0.3 is 5.97 Å². The molecule has 0 unspecified atom stereocenters. The summed E-state index contributed by atoms with van der Waals surface area (Å²) in [5.74, 6) is 0.199. The van der Waals surface area contributed by atoms with Gasteiger partial charge in [-0.3, -0.25) is 4.79 Å². The van der Waals surface area contributed by atoms with Gasteiger partial charge in [0.15, 0.2) is 6.61 Å². The molecule has 0 aromatic carbocycles. The molecule has 0 spiro atoms. The number of halogens is 1. The second-order valence-corrected chi connectivity index (χ2v) is 2.46. The van der Waals surface area contributed by atoms with E-state index in [4.69, 9.17) is 18.0 Å². The second kappa shape index (κ2) is 7.83. The van der Waals surface area contributed by atoms with Crippen LogP contribution in [0.15, 0.2) is 5.16 Å². The topological polar surface area (TPSA) is 65.0 Å². The van der Waals surface area contributed by atoms with Gasteiger partial charge in [0.2, 0.25) is 11.5 Å². The van der Waals surface area contributed by atoms with Crippen molar-refractivity contribution < 1.29 is 19.2 Å². The Morgan fingerprint density at radius 2 is 2.20 bits per heavy atom. The Hall–Kier alpha value is -1.54. The Labute approximate surface area is 92.4 Å². The van der Waals surface area contributed by atoms with E-state index >= 15 is 0 Å². The Kier molecular flexibility index (Phi) is 7.02. The summed E-state index contributed by atoms with van der Waals surface area (Å²) < 4.78 is 4.58. The number of ether oxygens (including phenoxy) is 1. The van der Waals surface area contributed by atoms with Crippen molar-refractivity contribution in [2.45, 2.75) is 6.92 Å². The van der Waals surface area contributed by atoms with Crippen molar-refractivity contribution in [3.63, 3.8) is 0 Å². The largest absolute Gasteiger partial charge is 0.461 e. The number of alkyl halides is 1. The van der Waals surface area contributed by atoms with Crippen molar-refractivity contribution in [1.82, 2.24) is 0 Å². The first-order valence-electron chi connectivity index (χ1n) is 4.07. The van der Waals surface area contributed by atoms with E-state index in [0.29, 0.717) is 0 Å². The van der Waals surface area contributed by atoms with E-state index in [-0.39, 0.29) is 19.1 Å². The van der Waals surface area contributed by atoms with Gasteiger partial charge in [0.25, 0.3) is 0 Å². The van der Waals surface area contributed by atoms with Crippen molar-refractivity contribution >= 4 is 29.1 Å². The van der Waals surface area contributed by atoms with E-state index in [1.807, 2.05) is 0 Å². The SMILES string of the molecule is C#CCO/N=C(/C(=O)CCl)C(=O)OCC. The van der Waals surface area contributed by atoms with Gasteiger partial charge < -0.3 is 9.57 Å². The van der Waals surface area contributed by atoms with Crippen LogP contribution in [0, 0.1) is 12.3 Å². The number of carbonyl (C=O) groups is 2. The number of rotatable bonds is 6. The molecule has 0 heterocycles. The number of hydrogen-bond acceptors (Lipinski definition) is 5. The number of carbonyl (C=O) groups excluding carboxylic acids is 2. The zero-order valence-electron chi connectivity index (χ0n) is 8.16. The number of esters is 1. The van der Waals surface area contributed by atoms with Crippen molar-refractivity contribution in [2.24, 2.45) is 5.16 Å². The lowest BCUT2D eigenvalue weighted by atomic mass is 10.3. The molecular formula is C9H10ClNO4. The minimum absolute atomic E-state index is 0.128. The highest BCUT2D eigenvalue weighted by molar-refractivity contribution is 6.67. The molecule has 0 aromatic rings. The molecule has 0 radical (unpaired) electrons. The first-order valence-corrected chi connectivity index (χ1v) is 4.60. The third-order valence-corrected chi connectivity index (χ3v) is 1.40. The maximum Gasteiger partial charge on any atom is 0.364 e. The van der Waals surface area contributed by atoms with Crippen LogP contribution in [-0.4, -0.2) is 36.6 Å². The van der Waals surface area contributed by atoms with Gasteiger partial charge in [-0.2, -0.15) is 0 Å². The first-order chi connectivity index (χ1) is 7.17. The zero-order valence-corrected chi connectivity index (χ0v) is 8.91. The van der Waals surface area contributed by atoms with Gasteiger partial charge in [0.05, 0.1) is 12.5 Å². The third-order valence-electron chi connectivity index (χ3n) is 1.16. The molecule has 0 aromatic heterocycles. The Morgan fingerprint density at radius 1 is 1.53 bits per heavy atom. The third kappa shape index (κ3) is 5.03. The number of oxime groups is 1. The maximum absolute atomic E-state index is 11.2. The standard InChI is InChI=1S/C9H10ClNO4/c1-3-5-15-11-8(7(12)6-10)9(13)14-4-2/h1H,4-6H2,2H3/b11-8-. The molecule has 15 heavy (non-hydrogen) atoms. The average Bonchev–Trinajstić information content (AvgIpc) is 2.23. The van der Waals surface area contributed by atoms with Crippen LogP contribution in [-0.2, 0) is 19.2 Å². The van der Waals surface area contributed by atoms with Crippen molar-refractivity contribution in [3.05, 3.63) is 0 Å². The number of nitrogens with zero attached hydrogens (tertiary/aromatic N) is 1. The van der Waals surface area contributed by atoms with E-state index in [1.54, 1.807) is 6.92 Å². The van der Waals surface area contributed by atoms with E-state index in [0.717, 1.165) is 0 Å². The first kappa shape index (κ1) is 13.5. The van der Waals surface area contributed by atoms with Gasteiger partial charge in [-0.05, 0) is 6.92 Å². The second-order valence-electron chi connectivity index (χ2n) is 2.19. The van der Waals surface area contributed by atoms with Crippen LogP contribution in [0.25, 0.3) is 0 Å². The number of terminal acetylenes is 1. The fourth-order valence-corrected chi connectivity index (χ4v) is 0.725. The van der Waals surface area contributed by atoms with Crippen molar-refractivity contribution in [3.8, 4) is 12.3 Å². The molecule has 82 valence electrons. The molecule has 0 atom stereocenters. The Morgan fingerprint density at radius 3 is 2.67 bits per heavy atom. The smallest absolute Gasteiger partial charge is 0.364 e. The molecule has 0 aliphatic heterocycles. The Balaban J connectivity index is 4.58. The van der Waals surface area contributed by atoms with Crippen LogP contribution in [0.2, 0.25) is 0 Å². The molecule has 0 N–H and O–H groups in total. The zero-order chi connectivity index (χ0) is 11.7. The van der Waals surface area contributed by atoms with Crippen LogP contribution in [0.1, 0.15) is 6.92 Å². The van der Waals surface area contributed by atoms with Gasteiger partial charge in [-0.15, -0.1) is 18.0 Å². The van der Waals surface area contributed by atoms with Crippen LogP contribution in [0.4, 0.5) is 0 Å². The summed E-state index contributed by atoms with van der Waals surface area (Å²) in [5.41, 5.74) is -0.484.